The summed E-state index contributed by atoms with van der Waals surface area (Å²) in [6.07, 6.45) is 0. The molecule has 0 rings (SSSR count). The lowest BCUT2D eigenvalue weighted by molar-refractivity contribution is -0.127. The molecule has 1 atom stereocenters. The summed E-state index contributed by atoms with van der Waals surface area (Å²) < 4.78 is 5.10. The number of hydrogen-bond donors (Lipinski definition) is 1. The molecule has 3 heteroatoms. The van der Waals surface area contributed by atoms with Crippen molar-refractivity contribution in [2.24, 2.45) is 11.8 Å². The van der Waals surface area contributed by atoms with Gasteiger partial charge in [0.15, 0.2) is 5.78 Å². The molecule has 0 aromatic carbocycles. The number of aliphatic hydroxyl groups excluding tert-OH is 1. The number of carbonyl (C=O) groups excluding carboxylic acids is 1. The summed E-state index contributed by atoms with van der Waals surface area (Å²) in [7, 11) is 0. The van der Waals surface area contributed by atoms with E-state index < -0.39 is 0 Å². The summed E-state index contributed by atoms with van der Waals surface area (Å²) >= 11 is 0. The number of ketones is 1. The average molecular weight is 174 g/mol. The van der Waals surface area contributed by atoms with Crippen molar-refractivity contribution in [2.45, 2.75) is 20.8 Å². The Morgan fingerprint density at radius 3 is 2.42 bits per heavy atom. The molecule has 12 heavy (non-hydrogen) atoms. The van der Waals surface area contributed by atoms with Crippen LogP contribution in [0.15, 0.2) is 0 Å². The molecule has 0 radical (unpaired) electrons. The third-order valence-corrected chi connectivity index (χ3v) is 1.60. The van der Waals surface area contributed by atoms with Crippen LogP contribution in [0.2, 0.25) is 0 Å². The fourth-order valence-electron chi connectivity index (χ4n) is 0.580. The van der Waals surface area contributed by atoms with Crippen LogP contribution in [0.1, 0.15) is 20.8 Å². The van der Waals surface area contributed by atoms with Crippen LogP contribution < -0.4 is 0 Å². The second-order valence-corrected chi connectivity index (χ2v) is 3.42. The molecule has 0 aromatic heterocycles. The van der Waals surface area contributed by atoms with Crippen molar-refractivity contribution in [3.05, 3.63) is 0 Å². The summed E-state index contributed by atoms with van der Waals surface area (Å²) in [5.74, 6) is 0.263. The van der Waals surface area contributed by atoms with Gasteiger partial charge < -0.3 is 9.84 Å². The van der Waals surface area contributed by atoms with Gasteiger partial charge in [-0.05, 0) is 0 Å². The fraction of sp³-hybridized carbons (Fsp3) is 0.889. The maximum Gasteiger partial charge on any atom is 0.160 e. The molecule has 0 fully saturated rings. The van der Waals surface area contributed by atoms with E-state index in [9.17, 15) is 4.79 Å². The predicted molar refractivity (Wildman–Crippen MR) is 46.9 cm³/mol. The van der Waals surface area contributed by atoms with Crippen LogP contribution >= 0.6 is 0 Å². The van der Waals surface area contributed by atoms with Crippen LogP contribution in [0.5, 0.6) is 0 Å². The Kier molecular flexibility index (Phi) is 5.93. The van der Waals surface area contributed by atoms with Crippen LogP contribution in [0.3, 0.4) is 0 Å². The molecule has 0 unspecified atom stereocenters. The lowest BCUT2D eigenvalue weighted by atomic mass is 10.1. The van der Waals surface area contributed by atoms with E-state index in [4.69, 9.17) is 9.84 Å². The molecule has 72 valence electrons. The van der Waals surface area contributed by atoms with Gasteiger partial charge in [-0.3, -0.25) is 4.79 Å². The van der Waals surface area contributed by atoms with E-state index >= 15 is 0 Å². The van der Waals surface area contributed by atoms with Gasteiger partial charge in [-0.2, -0.15) is 0 Å². The third-order valence-electron chi connectivity index (χ3n) is 1.60. The van der Waals surface area contributed by atoms with E-state index in [2.05, 4.69) is 0 Å². The first-order chi connectivity index (χ1) is 5.57. The highest BCUT2D eigenvalue weighted by Gasteiger charge is 2.07. The third kappa shape index (κ3) is 5.27. The number of aliphatic hydroxyl groups is 1. The maximum absolute atomic E-state index is 11.0. The second kappa shape index (κ2) is 6.14. The van der Waals surface area contributed by atoms with E-state index in [1.165, 1.54) is 0 Å². The van der Waals surface area contributed by atoms with Crippen LogP contribution in [-0.2, 0) is 9.53 Å². The second-order valence-electron chi connectivity index (χ2n) is 3.42. The Labute approximate surface area is 73.7 Å². The first-order valence-corrected chi connectivity index (χ1v) is 4.29. The van der Waals surface area contributed by atoms with Gasteiger partial charge >= 0.3 is 0 Å². The maximum atomic E-state index is 11.0. The molecule has 0 aliphatic carbocycles. The van der Waals surface area contributed by atoms with Crippen LogP contribution in [-0.4, -0.2) is 30.7 Å². The van der Waals surface area contributed by atoms with Gasteiger partial charge in [0.2, 0.25) is 0 Å². The SMILES string of the molecule is CC(C)C(=O)COC[C@H](C)CO. The fourth-order valence-corrected chi connectivity index (χ4v) is 0.580. The van der Waals surface area contributed by atoms with Crippen molar-refractivity contribution in [1.29, 1.82) is 0 Å². The van der Waals surface area contributed by atoms with Gasteiger partial charge in [0.25, 0.3) is 0 Å². The molecule has 0 aliphatic rings. The average Bonchev–Trinajstić information content (AvgIpc) is 2.03. The number of hydrogen-bond acceptors (Lipinski definition) is 3. The standard InChI is InChI=1S/C9H18O3/c1-7(2)9(11)6-12-5-8(3)4-10/h7-8,10H,4-6H2,1-3H3/t8-/m1/s1. The summed E-state index contributed by atoms with van der Waals surface area (Å²) in [4.78, 5) is 11.0. The Hall–Kier alpha value is -0.410. The topological polar surface area (TPSA) is 46.5 Å². The zero-order valence-corrected chi connectivity index (χ0v) is 8.04. The number of rotatable bonds is 6. The van der Waals surface area contributed by atoms with Crippen molar-refractivity contribution in [3.63, 3.8) is 0 Å². The predicted octanol–water partition coefficient (Wildman–Crippen LogP) is 0.856. The molecular weight excluding hydrogens is 156 g/mol. The zero-order chi connectivity index (χ0) is 9.56. The largest absolute Gasteiger partial charge is 0.396 e. The van der Waals surface area contributed by atoms with Crippen molar-refractivity contribution in [1.82, 2.24) is 0 Å². The van der Waals surface area contributed by atoms with Gasteiger partial charge in [0, 0.05) is 18.4 Å². The van der Waals surface area contributed by atoms with E-state index in [-0.39, 0.29) is 30.8 Å². The van der Waals surface area contributed by atoms with Crippen molar-refractivity contribution in [2.75, 3.05) is 19.8 Å². The Bertz CT molecular complexity index is 132. The molecule has 0 aliphatic heterocycles. The van der Waals surface area contributed by atoms with Gasteiger partial charge in [-0.1, -0.05) is 20.8 Å². The van der Waals surface area contributed by atoms with Crippen LogP contribution in [0.25, 0.3) is 0 Å². The first kappa shape index (κ1) is 11.6. The van der Waals surface area contributed by atoms with E-state index in [0.717, 1.165) is 0 Å². The zero-order valence-electron chi connectivity index (χ0n) is 8.04. The lowest BCUT2D eigenvalue weighted by Gasteiger charge is -2.09. The molecule has 0 saturated carbocycles. The molecule has 0 heterocycles. The summed E-state index contributed by atoms with van der Waals surface area (Å²) in [5, 5.41) is 8.64. The van der Waals surface area contributed by atoms with E-state index in [1.54, 1.807) is 0 Å². The van der Waals surface area contributed by atoms with Gasteiger partial charge in [-0.25, -0.2) is 0 Å². The van der Waals surface area contributed by atoms with Gasteiger partial charge in [-0.15, -0.1) is 0 Å². The first-order valence-electron chi connectivity index (χ1n) is 4.29. The lowest BCUT2D eigenvalue weighted by Crippen LogP contribution is -2.18. The molecular formula is C9H18O3. The monoisotopic (exact) mass is 174 g/mol. The summed E-state index contributed by atoms with van der Waals surface area (Å²) in [5.41, 5.74) is 0. The highest BCUT2D eigenvalue weighted by atomic mass is 16.5. The van der Waals surface area contributed by atoms with E-state index in [1.807, 2.05) is 20.8 Å². The minimum absolute atomic E-state index is 0.0365. The minimum atomic E-state index is 0.0365. The highest BCUT2D eigenvalue weighted by Crippen LogP contribution is 1.97. The van der Waals surface area contributed by atoms with Crippen LogP contribution in [0, 0.1) is 11.8 Å². The Morgan fingerprint density at radius 1 is 1.42 bits per heavy atom. The van der Waals surface area contributed by atoms with Crippen molar-refractivity contribution >= 4 is 5.78 Å². The molecule has 0 saturated heterocycles. The quantitative estimate of drug-likeness (QED) is 0.649. The molecule has 0 aromatic rings. The normalized spacial score (nSPS) is 13.4. The summed E-state index contributed by atoms with van der Waals surface area (Å²) in [6, 6.07) is 0. The number of ether oxygens (including phenoxy) is 1. The minimum Gasteiger partial charge on any atom is -0.396 e. The Morgan fingerprint density at radius 2 is 2.00 bits per heavy atom. The Balaban J connectivity index is 3.37. The van der Waals surface area contributed by atoms with Gasteiger partial charge in [0.1, 0.15) is 6.61 Å². The van der Waals surface area contributed by atoms with E-state index in [0.29, 0.717) is 6.61 Å². The number of Topliss-reactive ketones (excluding diaryl/α,β-unsaturated/α-hetero) is 1. The smallest absolute Gasteiger partial charge is 0.160 e. The summed E-state index contributed by atoms with van der Waals surface area (Å²) in [6.45, 7) is 6.30. The number of carbonyl (C=O) groups is 1. The van der Waals surface area contributed by atoms with Gasteiger partial charge in [0.05, 0.1) is 6.61 Å². The molecule has 3 nitrogen and oxygen atoms in total. The molecule has 0 bridgehead atoms. The van der Waals surface area contributed by atoms with Crippen LogP contribution in [0.4, 0.5) is 0 Å². The highest BCUT2D eigenvalue weighted by molar-refractivity contribution is 5.81. The van der Waals surface area contributed by atoms with Crippen molar-refractivity contribution < 1.29 is 14.6 Å². The molecule has 0 spiro atoms. The molecule has 1 N–H and O–H groups in total. The molecule has 0 amide bonds. The van der Waals surface area contributed by atoms with Crippen molar-refractivity contribution in [3.8, 4) is 0 Å².